The summed E-state index contributed by atoms with van der Waals surface area (Å²) < 4.78 is 24.8. The van der Waals surface area contributed by atoms with E-state index in [1.807, 2.05) is 13.8 Å². The van der Waals surface area contributed by atoms with E-state index < -0.39 is 24.4 Å². The van der Waals surface area contributed by atoms with Crippen LogP contribution < -0.4 is 10.6 Å². The monoisotopic (exact) mass is 428 g/mol. The number of anilines is 1. The Labute approximate surface area is 175 Å². The Morgan fingerprint density at radius 1 is 1.34 bits per heavy atom. The van der Waals surface area contributed by atoms with Gasteiger partial charge in [-0.15, -0.1) is 0 Å². The largest absolute Gasteiger partial charge is 0.356 e. The minimum Gasteiger partial charge on any atom is -0.356 e. The van der Waals surface area contributed by atoms with E-state index in [9.17, 15) is 13.6 Å². The molecule has 0 atom stereocenters. The second kappa shape index (κ2) is 7.90. The lowest BCUT2D eigenvalue weighted by Crippen LogP contribution is -2.49. The number of hydrogen-bond acceptors (Lipinski definition) is 5. The zero-order chi connectivity index (χ0) is 21.3. The van der Waals surface area contributed by atoms with Crippen molar-refractivity contribution in [2.24, 2.45) is 0 Å². The molecule has 0 bridgehead atoms. The topological polar surface area (TPSA) is 95.6 Å². The Morgan fingerprint density at radius 2 is 2.07 bits per heavy atom. The Bertz CT molecular complexity index is 1080. The summed E-state index contributed by atoms with van der Waals surface area (Å²) in [5.74, 6) is 0.307. The van der Waals surface area contributed by atoms with Crippen LogP contribution >= 0.6 is 11.6 Å². The molecule has 3 N–H and O–H groups in total. The summed E-state index contributed by atoms with van der Waals surface area (Å²) in [4.78, 5) is 28.7. The van der Waals surface area contributed by atoms with E-state index in [0.717, 1.165) is 10.9 Å². The summed E-state index contributed by atoms with van der Waals surface area (Å²) in [6.45, 7) is 6.14. The van der Waals surface area contributed by atoms with E-state index in [1.165, 1.54) is 0 Å². The van der Waals surface area contributed by atoms with Gasteiger partial charge in [0.1, 0.15) is 17.0 Å². The van der Waals surface area contributed by atoms with Gasteiger partial charge in [0.2, 0.25) is 5.91 Å². The number of alkyl halides is 2. The van der Waals surface area contributed by atoms with E-state index in [2.05, 4.69) is 30.6 Å². The minimum absolute atomic E-state index is 0. The summed E-state index contributed by atoms with van der Waals surface area (Å²) in [5.41, 5.74) is 1.65. The fraction of sp³-hybridized carbons (Fsp3) is 0.368. The van der Waals surface area contributed by atoms with Crippen LogP contribution in [0, 0.1) is 13.8 Å². The third-order valence-corrected chi connectivity index (χ3v) is 4.75. The molecule has 160 valence electrons. The number of amides is 1. The Morgan fingerprint density at radius 3 is 2.76 bits per heavy atom. The predicted octanol–water partition coefficient (Wildman–Crippen LogP) is 4.60. The third-order valence-electron chi connectivity index (χ3n) is 4.54. The molecule has 3 rings (SSSR count). The summed E-state index contributed by atoms with van der Waals surface area (Å²) in [6.07, 6.45) is 0.660. The van der Waals surface area contributed by atoms with Crippen LogP contribution in [0.25, 0.3) is 22.4 Å². The van der Waals surface area contributed by atoms with Crippen LogP contribution in [0.4, 0.5) is 14.6 Å². The number of carbonyl (C=O) groups excluding carboxylic acids is 1. The first-order valence-electron chi connectivity index (χ1n) is 8.91. The highest BCUT2D eigenvalue weighted by Gasteiger charge is 2.29. The highest BCUT2D eigenvalue weighted by Crippen LogP contribution is 2.30. The van der Waals surface area contributed by atoms with Gasteiger partial charge in [0, 0.05) is 38.9 Å². The lowest BCUT2D eigenvalue weighted by molar-refractivity contribution is -0.125. The summed E-state index contributed by atoms with van der Waals surface area (Å²) >= 11 is 6.07. The van der Waals surface area contributed by atoms with Crippen molar-refractivity contribution in [2.45, 2.75) is 39.7 Å². The normalized spacial score (nSPS) is 11.9. The average molecular weight is 429 g/mol. The number of halogens is 3. The fourth-order valence-electron chi connectivity index (χ4n) is 2.78. The predicted molar refractivity (Wildman–Crippen MR) is 115 cm³/mol. The van der Waals surface area contributed by atoms with Crippen molar-refractivity contribution >= 4 is 34.4 Å². The van der Waals surface area contributed by atoms with Gasteiger partial charge in [-0.05, 0) is 33.8 Å². The number of carbonyl (C=O) groups is 1. The van der Waals surface area contributed by atoms with Gasteiger partial charge in [0.15, 0.2) is 5.82 Å². The number of aryl methyl sites for hydroxylation is 1. The van der Waals surface area contributed by atoms with Crippen molar-refractivity contribution < 1.29 is 17.9 Å². The maximum absolute atomic E-state index is 12.4. The molecule has 0 unspecified atom stereocenters. The van der Waals surface area contributed by atoms with Crippen molar-refractivity contribution in [3.63, 3.8) is 0 Å². The van der Waals surface area contributed by atoms with Crippen LogP contribution in [-0.4, -0.2) is 44.4 Å². The van der Waals surface area contributed by atoms with Crippen molar-refractivity contribution in [3.8, 4) is 11.4 Å². The number of fused-ring (bicyclic) bond motifs is 1. The smallest absolute Gasteiger partial charge is 0.255 e. The standard InChI is InChI=1S/C19H21ClF2N6O.3H2/c1-9-10(2)26-17(13-7-24-16-12(13)5-11(20)6-23-16)27-15(9)28-19(3,4)18(29)25-8-14(21)22;;;/h5-7,14H,8H2,1-4H3,(H,23,24)(H,25,29)(H,26,27,28);3*1H. The molecule has 7 nitrogen and oxygen atoms in total. The molecule has 0 aliphatic heterocycles. The van der Waals surface area contributed by atoms with Gasteiger partial charge >= 0.3 is 0 Å². The minimum atomic E-state index is -2.62. The zero-order valence-electron chi connectivity index (χ0n) is 16.4. The number of aromatic amines is 1. The fourth-order valence-corrected chi connectivity index (χ4v) is 2.94. The molecule has 0 fully saturated rings. The van der Waals surface area contributed by atoms with Gasteiger partial charge in [-0.3, -0.25) is 4.79 Å². The van der Waals surface area contributed by atoms with Crippen molar-refractivity contribution in [3.05, 3.63) is 34.7 Å². The van der Waals surface area contributed by atoms with Gasteiger partial charge in [-0.1, -0.05) is 11.6 Å². The summed E-state index contributed by atoms with van der Waals surface area (Å²) in [6, 6.07) is 1.77. The first-order valence-corrected chi connectivity index (χ1v) is 9.29. The molecular weight excluding hydrogens is 402 g/mol. The Hall–Kier alpha value is -2.81. The molecular formula is C19H27ClF2N6O. The lowest BCUT2D eigenvalue weighted by Gasteiger charge is -2.27. The van der Waals surface area contributed by atoms with Gasteiger partial charge < -0.3 is 15.6 Å². The molecule has 0 saturated heterocycles. The molecule has 0 aromatic carbocycles. The number of nitrogens with zero attached hydrogens (tertiary/aromatic N) is 3. The van der Waals surface area contributed by atoms with Crippen LogP contribution in [0.1, 0.15) is 29.4 Å². The third kappa shape index (κ3) is 4.45. The van der Waals surface area contributed by atoms with Crippen molar-refractivity contribution in [2.75, 3.05) is 11.9 Å². The molecule has 0 aliphatic carbocycles. The second-order valence-electron chi connectivity index (χ2n) is 7.21. The molecule has 0 radical (unpaired) electrons. The van der Waals surface area contributed by atoms with Crippen LogP contribution in [0.2, 0.25) is 5.02 Å². The summed E-state index contributed by atoms with van der Waals surface area (Å²) in [7, 11) is 0. The lowest BCUT2D eigenvalue weighted by atomic mass is 10.0. The number of H-pyrrole nitrogens is 1. The van der Waals surface area contributed by atoms with Crippen LogP contribution in [0.5, 0.6) is 0 Å². The number of aromatic nitrogens is 4. The molecule has 0 aliphatic rings. The van der Waals surface area contributed by atoms with Crippen LogP contribution in [0.3, 0.4) is 0 Å². The molecule has 0 spiro atoms. The van der Waals surface area contributed by atoms with E-state index in [0.29, 0.717) is 33.6 Å². The van der Waals surface area contributed by atoms with Crippen molar-refractivity contribution in [1.82, 2.24) is 25.3 Å². The first kappa shape index (κ1) is 20.9. The quantitative estimate of drug-likeness (QED) is 0.533. The SMILES string of the molecule is Cc1nc(-c2c[nH]c3ncc(Cl)cc23)nc(NC(C)(C)C(=O)NCC(F)F)c1C.[HH].[HH].[HH]. The van der Waals surface area contributed by atoms with E-state index >= 15 is 0 Å². The molecule has 3 heterocycles. The Balaban J connectivity index is 0.00000320. The number of rotatable bonds is 6. The highest BCUT2D eigenvalue weighted by atomic mass is 35.5. The zero-order valence-corrected chi connectivity index (χ0v) is 17.2. The van der Waals surface area contributed by atoms with E-state index in [4.69, 9.17) is 11.6 Å². The molecule has 0 saturated carbocycles. The number of pyridine rings is 1. The van der Waals surface area contributed by atoms with Crippen LogP contribution in [0.15, 0.2) is 18.5 Å². The second-order valence-corrected chi connectivity index (χ2v) is 7.65. The number of hydrogen-bond donors (Lipinski definition) is 3. The summed E-state index contributed by atoms with van der Waals surface area (Å²) in [5, 5.41) is 6.53. The van der Waals surface area contributed by atoms with Gasteiger partial charge in [0.25, 0.3) is 6.43 Å². The first-order chi connectivity index (χ1) is 13.6. The molecule has 1 amide bonds. The molecule has 29 heavy (non-hydrogen) atoms. The highest BCUT2D eigenvalue weighted by molar-refractivity contribution is 6.31. The van der Waals surface area contributed by atoms with Gasteiger partial charge in [-0.25, -0.2) is 23.7 Å². The maximum Gasteiger partial charge on any atom is 0.255 e. The molecule has 10 heteroatoms. The van der Waals surface area contributed by atoms with Gasteiger partial charge in [-0.2, -0.15) is 0 Å². The van der Waals surface area contributed by atoms with E-state index in [-0.39, 0.29) is 4.28 Å². The Kier molecular flexibility index (Phi) is 5.70. The average Bonchev–Trinajstić information content (AvgIpc) is 3.06. The van der Waals surface area contributed by atoms with Crippen LogP contribution in [-0.2, 0) is 4.79 Å². The maximum atomic E-state index is 12.4. The molecule has 3 aromatic heterocycles. The van der Waals surface area contributed by atoms with E-state index in [1.54, 1.807) is 32.3 Å². The number of nitrogens with one attached hydrogen (secondary N) is 3. The molecule has 3 aromatic rings. The van der Waals surface area contributed by atoms with Gasteiger partial charge in [0.05, 0.1) is 11.6 Å². The van der Waals surface area contributed by atoms with Crippen molar-refractivity contribution in [1.29, 1.82) is 0 Å².